The molecule has 0 amide bonds. The van der Waals surface area contributed by atoms with Crippen LogP contribution in [0.4, 0.5) is 0 Å². The lowest BCUT2D eigenvalue weighted by molar-refractivity contribution is -0.186. The van der Waals surface area contributed by atoms with Gasteiger partial charge in [-0.2, -0.15) is 0 Å². The van der Waals surface area contributed by atoms with Crippen molar-refractivity contribution >= 4 is 0 Å². The molecule has 1 fully saturated rings. The standard InChI is InChI=1S/C6H13NO3/c1-5-4-7(6(8)9)2-3-10-5/h5-6,8-9H,2-4H2,1H3/t5-/m1/s1. The Kier molecular flexibility index (Phi) is 2.62. The van der Waals surface area contributed by atoms with Crippen molar-refractivity contribution in [3.8, 4) is 0 Å². The first-order valence-electron chi connectivity index (χ1n) is 3.42. The van der Waals surface area contributed by atoms with Gasteiger partial charge in [-0.15, -0.1) is 0 Å². The van der Waals surface area contributed by atoms with Crippen molar-refractivity contribution in [1.82, 2.24) is 4.90 Å². The molecule has 0 saturated carbocycles. The van der Waals surface area contributed by atoms with Crippen LogP contribution in [0.2, 0.25) is 0 Å². The van der Waals surface area contributed by atoms with Gasteiger partial charge in [0.15, 0.2) is 0 Å². The summed E-state index contributed by atoms with van der Waals surface area (Å²) < 4.78 is 5.19. The van der Waals surface area contributed by atoms with E-state index in [1.807, 2.05) is 6.92 Å². The van der Waals surface area contributed by atoms with Crippen molar-refractivity contribution in [3.05, 3.63) is 0 Å². The summed E-state index contributed by atoms with van der Waals surface area (Å²) in [6, 6.07) is 0. The maximum atomic E-state index is 8.72. The molecule has 0 aliphatic carbocycles. The van der Waals surface area contributed by atoms with E-state index in [2.05, 4.69) is 0 Å². The van der Waals surface area contributed by atoms with Gasteiger partial charge < -0.3 is 14.9 Å². The van der Waals surface area contributed by atoms with Crippen molar-refractivity contribution in [2.75, 3.05) is 19.7 Å². The molecule has 1 rings (SSSR count). The van der Waals surface area contributed by atoms with Crippen molar-refractivity contribution in [2.24, 2.45) is 0 Å². The third-order valence-electron chi connectivity index (χ3n) is 1.60. The first kappa shape index (κ1) is 7.94. The molecule has 0 aromatic heterocycles. The predicted molar refractivity (Wildman–Crippen MR) is 35.2 cm³/mol. The summed E-state index contributed by atoms with van der Waals surface area (Å²) in [5.74, 6) is 0. The highest BCUT2D eigenvalue weighted by molar-refractivity contribution is 4.65. The molecule has 0 unspecified atom stereocenters. The monoisotopic (exact) mass is 147 g/mol. The molecular weight excluding hydrogens is 134 g/mol. The fourth-order valence-electron chi connectivity index (χ4n) is 1.06. The number of hydrogen-bond acceptors (Lipinski definition) is 4. The fraction of sp³-hybridized carbons (Fsp3) is 1.00. The molecule has 60 valence electrons. The van der Waals surface area contributed by atoms with Gasteiger partial charge in [0.1, 0.15) is 0 Å². The van der Waals surface area contributed by atoms with Gasteiger partial charge in [-0.25, -0.2) is 0 Å². The number of nitrogens with zero attached hydrogens (tertiary/aromatic N) is 1. The second kappa shape index (κ2) is 3.30. The molecular formula is C6H13NO3. The molecule has 0 aromatic carbocycles. The summed E-state index contributed by atoms with van der Waals surface area (Å²) in [5, 5.41) is 17.4. The van der Waals surface area contributed by atoms with Crippen molar-refractivity contribution in [1.29, 1.82) is 0 Å². The van der Waals surface area contributed by atoms with Crippen LogP contribution in [0.15, 0.2) is 0 Å². The highest BCUT2D eigenvalue weighted by Gasteiger charge is 2.20. The second-order valence-corrected chi connectivity index (χ2v) is 2.52. The van der Waals surface area contributed by atoms with Gasteiger partial charge in [0.25, 0.3) is 0 Å². The lowest BCUT2D eigenvalue weighted by Crippen LogP contribution is -2.46. The Hall–Kier alpha value is -0.160. The quantitative estimate of drug-likeness (QED) is 0.466. The lowest BCUT2D eigenvalue weighted by atomic mass is 10.3. The van der Waals surface area contributed by atoms with E-state index in [1.54, 1.807) is 4.90 Å². The van der Waals surface area contributed by atoms with Crippen LogP contribution in [0.1, 0.15) is 6.92 Å². The van der Waals surface area contributed by atoms with E-state index in [-0.39, 0.29) is 6.10 Å². The molecule has 1 saturated heterocycles. The van der Waals surface area contributed by atoms with E-state index in [9.17, 15) is 0 Å². The van der Waals surface area contributed by atoms with E-state index >= 15 is 0 Å². The Morgan fingerprint density at radius 1 is 1.60 bits per heavy atom. The van der Waals surface area contributed by atoms with Crippen LogP contribution in [0.5, 0.6) is 0 Å². The van der Waals surface area contributed by atoms with Crippen LogP contribution in [0.25, 0.3) is 0 Å². The van der Waals surface area contributed by atoms with Gasteiger partial charge >= 0.3 is 0 Å². The van der Waals surface area contributed by atoms with Gasteiger partial charge in [-0.1, -0.05) is 0 Å². The zero-order valence-electron chi connectivity index (χ0n) is 6.03. The van der Waals surface area contributed by atoms with E-state index in [0.717, 1.165) is 0 Å². The molecule has 1 aliphatic rings. The van der Waals surface area contributed by atoms with Gasteiger partial charge in [0.05, 0.1) is 12.7 Å². The predicted octanol–water partition coefficient (Wildman–Crippen LogP) is -1.02. The third-order valence-corrected chi connectivity index (χ3v) is 1.60. The van der Waals surface area contributed by atoms with Gasteiger partial charge in [-0.3, -0.25) is 4.90 Å². The summed E-state index contributed by atoms with van der Waals surface area (Å²) in [6.45, 7) is 3.69. The number of hydrogen-bond donors (Lipinski definition) is 2. The Morgan fingerprint density at radius 3 is 2.70 bits per heavy atom. The van der Waals surface area contributed by atoms with E-state index in [4.69, 9.17) is 14.9 Å². The zero-order valence-corrected chi connectivity index (χ0v) is 6.03. The second-order valence-electron chi connectivity index (χ2n) is 2.52. The molecule has 0 bridgehead atoms. The normalized spacial score (nSPS) is 29.4. The summed E-state index contributed by atoms with van der Waals surface area (Å²) in [4.78, 5) is 1.56. The van der Waals surface area contributed by atoms with Crippen LogP contribution >= 0.6 is 0 Å². The number of aliphatic hydroxyl groups is 2. The third kappa shape index (κ3) is 1.91. The topological polar surface area (TPSA) is 52.9 Å². The Bertz CT molecular complexity index is 107. The van der Waals surface area contributed by atoms with Crippen molar-refractivity contribution < 1.29 is 14.9 Å². The van der Waals surface area contributed by atoms with Gasteiger partial charge in [-0.05, 0) is 6.92 Å². The highest BCUT2D eigenvalue weighted by Crippen LogP contribution is 2.04. The minimum Gasteiger partial charge on any atom is -0.376 e. The van der Waals surface area contributed by atoms with Gasteiger partial charge in [0, 0.05) is 13.1 Å². The summed E-state index contributed by atoms with van der Waals surface area (Å²) >= 11 is 0. The first-order valence-corrected chi connectivity index (χ1v) is 3.42. The van der Waals surface area contributed by atoms with Gasteiger partial charge in [0.2, 0.25) is 6.41 Å². The van der Waals surface area contributed by atoms with Crippen molar-refractivity contribution in [3.63, 3.8) is 0 Å². The van der Waals surface area contributed by atoms with Crippen LogP contribution in [0.3, 0.4) is 0 Å². The molecule has 10 heavy (non-hydrogen) atoms. The molecule has 1 heterocycles. The largest absolute Gasteiger partial charge is 0.376 e. The summed E-state index contributed by atoms with van der Waals surface area (Å²) in [7, 11) is 0. The number of aliphatic hydroxyl groups excluding tert-OH is 1. The van der Waals surface area contributed by atoms with E-state index in [0.29, 0.717) is 19.7 Å². The first-order chi connectivity index (χ1) is 4.70. The van der Waals surface area contributed by atoms with E-state index in [1.165, 1.54) is 0 Å². The Labute approximate surface area is 60.0 Å². The fourth-order valence-corrected chi connectivity index (χ4v) is 1.06. The Balaban J connectivity index is 2.32. The van der Waals surface area contributed by atoms with Crippen LogP contribution in [-0.4, -0.2) is 47.3 Å². The molecule has 0 aromatic rings. The molecule has 4 heteroatoms. The molecule has 4 nitrogen and oxygen atoms in total. The van der Waals surface area contributed by atoms with Crippen molar-refractivity contribution in [2.45, 2.75) is 19.4 Å². The molecule has 2 N–H and O–H groups in total. The maximum Gasteiger partial charge on any atom is 0.213 e. The molecule has 0 radical (unpaired) electrons. The summed E-state index contributed by atoms with van der Waals surface area (Å²) in [5.41, 5.74) is 0. The number of morpholine rings is 1. The SMILES string of the molecule is C[C@@H]1CN(C(O)O)CCO1. The molecule has 0 spiro atoms. The minimum atomic E-state index is -1.33. The average molecular weight is 147 g/mol. The smallest absolute Gasteiger partial charge is 0.213 e. The molecule has 1 aliphatic heterocycles. The maximum absolute atomic E-state index is 8.72. The highest BCUT2D eigenvalue weighted by atomic mass is 16.5. The molecule has 1 atom stereocenters. The zero-order chi connectivity index (χ0) is 7.56. The van der Waals surface area contributed by atoms with E-state index < -0.39 is 6.41 Å². The number of ether oxygens (including phenoxy) is 1. The number of rotatable bonds is 1. The lowest BCUT2D eigenvalue weighted by Gasteiger charge is -2.31. The van der Waals surface area contributed by atoms with Crippen LogP contribution < -0.4 is 0 Å². The Morgan fingerprint density at radius 2 is 2.30 bits per heavy atom. The van der Waals surface area contributed by atoms with Crippen LogP contribution in [-0.2, 0) is 4.74 Å². The average Bonchev–Trinajstić information content (AvgIpc) is 1.88. The minimum absolute atomic E-state index is 0.107. The summed E-state index contributed by atoms with van der Waals surface area (Å²) in [6.07, 6.45) is -1.22. The van der Waals surface area contributed by atoms with Crippen LogP contribution in [0, 0.1) is 0 Å².